The lowest BCUT2D eigenvalue weighted by molar-refractivity contribution is 0.793. The first-order valence-corrected chi connectivity index (χ1v) is 6.22. The summed E-state index contributed by atoms with van der Waals surface area (Å²) < 4.78 is 1.46. The van der Waals surface area contributed by atoms with E-state index in [2.05, 4.69) is 48.5 Å². The molecule has 0 heterocycles. The molecule has 74 valence electrons. The second-order valence-corrected chi connectivity index (χ2v) is 9.66. The largest absolute Gasteiger partial charge is 0.142 e. The van der Waals surface area contributed by atoms with Crippen LogP contribution in [-0.4, -0.2) is 14.1 Å². The van der Waals surface area contributed by atoms with Crippen molar-refractivity contribution in [2.75, 3.05) is 0 Å². The maximum Gasteiger partial charge on any atom is 0.0484 e. The molecule has 0 aliphatic carbocycles. The standard InChI is InChI=1S/C10H22S2/c1-8(11-9(2,3)4)12-10(5,6)7/h8H,1-7H3. The van der Waals surface area contributed by atoms with E-state index in [1.54, 1.807) is 0 Å². The minimum atomic E-state index is 0.387. The summed E-state index contributed by atoms with van der Waals surface area (Å²) in [6, 6.07) is 0. The Balaban J connectivity index is 3.83. The van der Waals surface area contributed by atoms with Gasteiger partial charge in [-0.25, -0.2) is 0 Å². The van der Waals surface area contributed by atoms with Crippen molar-refractivity contribution in [3.63, 3.8) is 0 Å². The molecule has 0 unspecified atom stereocenters. The molecule has 2 heteroatoms. The van der Waals surface area contributed by atoms with Gasteiger partial charge in [-0.2, -0.15) is 0 Å². The molecule has 0 saturated carbocycles. The fraction of sp³-hybridized carbons (Fsp3) is 1.00. The first kappa shape index (κ1) is 12.7. The molecular formula is C10H22S2. The van der Waals surface area contributed by atoms with Crippen LogP contribution in [0.2, 0.25) is 0 Å². The van der Waals surface area contributed by atoms with E-state index in [9.17, 15) is 0 Å². The highest BCUT2D eigenvalue weighted by atomic mass is 32.2. The van der Waals surface area contributed by atoms with E-state index in [0.29, 0.717) is 14.1 Å². The van der Waals surface area contributed by atoms with Crippen molar-refractivity contribution in [3.8, 4) is 0 Å². The molecule has 0 bridgehead atoms. The summed E-state index contributed by atoms with van der Waals surface area (Å²) in [7, 11) is 0. The highest BCUT2D eigenvalue weighted by molar-refractivity contribution is 8.18. The Labute approximate surface area is 86.3 Å². The highest BCUT2D eigenvalue weighted by Crippen LogP contribution is 2.39. The monoisotopic (exact) mass is 206 g/mol. The molecule has 0 atom stereocenters. The van der Waals surface area contributed by atoms with Crippen molar-refractivity contribution in [2.24, 2.45) is 0 Å². The first-order chi connectivity index (χ1) is 5.10. The Kier molecular flexibility index (Phi) is 4.53. The fourth-order valence-electron chi connectivity index (χ4n) is 1.02. The van der Waals surface area contributed by atoms with Crippen molar-refractivity contribution >= 4 is 23.5 Å². The van der Waals surface area contributed by atoms with E-state index in [0.717, 1.165) is 0 Å². The smallest absolute Gasteiger partial charge is 0.0484 e. The molecule has 0 radical (unpaired) electrons. The second kappa shape index (κ2) is 4.28. The Morgan fingerprint density at radius 2 is 1.00 bits per heavy atom. The third-order valence-electron chi connectivity index (χ3n) is 1.04. The fourth-order valence-corrected chi connectivity index (χ4v) is 4.94. The Hall–Kier alpha value is 0.700. The first-order valence-electron chi connectivity index (χ1n) is 4.46. The van der Waals surface area contributed by atoms with Crippen LogP contribution in [0.5, 0.6) is 0 Å². The maximum absolute atomic E-state index is 2.30. The molecule has 0 amide bonds. The Bertz CT molecular complexity index is 112. The van der Waals surface area contributed by atoms with Gasteiger partial charge in [-0.1, -0.05) is 41.5 Å². The van der Waals surface area contributed by atoms with Crippen molar-refractivity contribution in [1.82, 2.24) is 0 Å². The zero-order valence-corrected chi connectivity index (χ0v) is 11.0. The minimum absolute atomic E-state index is 0.387. The van der Waals surface area contributed by atoms with Crippen LogP contribution < -0.4 is 0 Å². The van der Waals surface area contributed by atoms with Gasteiger partial charge in [0.15, 0.2) is 0 Å². The molecule has 0 spiro atoms. The topological polar surface area (TPSA) is 0 Å². The van der Waals surface area contributed by atoms with E-state index < -0.39 is 0 Å². The van der Waals surface area contributed by atoms with Gasteiger partial charge in [0.25, 0.3) is 0 Å². The van der Waals surface area contributed by atoms with E-state index in [-0.39, 0.29) is 0 Å². The van der Waals surface area contributed by atoms with Crippen LogP contribution in [0.15, 0.2) is 0 Å². The normalized spacial score (nSPS) is 14.0. The van der Waals surface area contributed by atoms with Gasteiger partial charge >= 0.3 is 0 Å². The van der Waals surface area contributed by atoms with Gasteiger partial charge in [-0.05, 0) is 6.92 Å². The van der Waals surface area contributed by atoms with Crippen LogP contribution >= 0.6 is 23.5 Å². The summed E-state index contributed by atoms with van der Waals surface area (Å²) in [5, 5.41) is 0. The zero-order valence-electron chi connectivity index (χ0n) is 9.39. The molecular weight excluding hydrogens is 184 g/mol. The molecule has 0 aromatic carbocycles. The van der Waals surface area contributed by atoms with E-state index >= 15 is 0 Å². The van der Waals surface area contributed by atoms with Crippen molar-refractivity contribution in [2.45, 2.75) is 62.5 Å². The van der Waals surface area contributed by atoms with Crippen molar-refractivity contribution in [1.29, 1.82) is 0 Å². The van der Waals surface area contributed by atoms with Crippen LogP contribution in [-0.2, 0) is 0 Å². The molecule has 0 rings (SSSR count). The van der Waals surface area contributed by atoms with Crippen LogP contribution in [0.1, 0.15) is 48.5 Å². The van der Waals surface area contributed by atoms with Gasteiger partial charge < -0.3 is 0 Å². The van der Waals surface area contributed by atoms with Crippen LogP contribution in [0.4, 0.5) is 0 Å². The molecule has 0 aliphatic heterocycles. The molecule has 0 fully saturated rings. The second-order valence-electron chi connectivity index (χ2n) is 5.03. The van der Waals surface area contributed by atoms with Gasteiger partial charge in [0.1, 0.15) is 0 Å². The predicted octanol–water partition coefficient (Wildman–Crippen LogP) is 4.40. The third-order valence-corrected chi connectivity index (χ3v) is 3.69. The van der Waals surface area contributed by atoms with E-state index in [4.69, 9.17) is 0 Å². The number of thioether (sulfide) groups is 2. The SMILES string of the molecule is CC(SC(C)(C)C)SC(C)(C)C. The van der Waals surface area contributed by atoms with Crippen molar-refractivity contribution < 1.29 is 0 Å². The summed E-state index contributed by atoms with van der Waals surface area (Å²) in [5.41, 5.74) is 0. The lowest BCUT2D eigenvalue weighted by atomic mass is 10.3. The van der Waals surface area contributed by atoms with Gasteiger partial charge in [0.2, 0.25) is 0 Å². The van der Waals surface area contributed by atoms with Gasteiger partial charge in [-0.3, -0.25) is 0 Å². The molecule has 0 aliphatic rings. The summed E-state index contributed by atoms with van der Waals surface area (Å²) in [5.74, 6) is 0. The molecule has 0 N–H and O–H groups in total. The number of hydrogen-bond acceptors (Lipinski definition) is 2. The van der Waals surface area contributed by atoms with E-state index in [1.807, 2.05) is 23.5 Å². The molecule has 0 aromatic rings. The minimum Gasteiger partial charge on any atom is -0.142 e. The third kappa shape index (κ3) is 8.79. The molecule has 0 nitrogen and oxygen atoms in total. The van der Waals surface area contributed by atoms with Gasteiger partial charge in [0.05, 0.1) is 0 Å². The summed E-state index contributed by atoms with van der Waals surface area (Å²) >= 11 is 4.09. The predicted molar refractivity (Wildman–Crippen MR) is 64.2 cm³/mol. The quantitative estimate of drug-likeness (QED) is 0.614. The Morgan fingerprint density at radius 1 is 0.750 bits per heavy atom. The van der Waals surface area contributed by atoms with Crippen molar-refractivity contribution in [3.05, 3.63) is 0 Å². The number of hydrogen-bond donors (Lipinski definition) is 0. The van der Waals surface area contributed by atoms with Gasteiger partial charge in [-0.15, -0.1) is 23.5 Å². The van der Waals surface area contributed by atoms with Crippen LogP contribution in [0.25, 0.3) is 0 Å². The zero-order chi connectivity index (χ0) is 9.99. The highest BCUT2D eigenvalue weighted by Gasteiger charge is 2.21. The van der Waals surface area contributed by atoms with Gasteiger partial charge in [0, 0.05) is 14.1 Å². The lowest BCUT2D eigenvalue weighted by Crippen LogP contribution is -2.17. The molecule has 12 heavy (non-hydrogen) atoms. The van der Waals surface area contributed by atoms with Crippen LogP contribution in [0.3, 0.4) is 0 Å². The summed E-state index contributed by atoms with van der Waals surface area (Å²) in [4.78, 5) is 0. The average molecular weight is 206 g/mol. The summed E-state index contributed by atoms with van der Waals surface area (Å²) in [6.45, 7) is 15.9. The van der Waals surface area contributed by atoms with E-state index in [1.165, 1.54) is 0 Å². The lowest BCUT2D eigenvalue weighted by Gasteiger charge is -2.27. The van der Waals surface area contributed by atoms with Crippen LogP contribution in [0, 0.1) is 0 Å². The number of rotatable bonds is 2. The Morgan fingerprint density at radius 3 is 1.17 bits per heavy atom. The molecule has 0 aromatic heterocycles. The average Bonchev–Trinajstić information content (AvgIpc) is 1.49. The maximum atomic E-state index is 2.30. The molecule has 0 saturated heterocycles. The summed E-state index contributed by atoms with van der Waals surface area (Å²) in [6.07, 6.45) is 0.